The molecule has 0 radical (unpaired) electrons. The molecule has 0 aliphatic rings. The molecule has 1 aromatic carbocycles. The Morgan fingerprint density at radius 3 is 2.83 bits per heavy atom. The number of benzene rings is 1. The first-order valence-electron chi connectivity index (χ1n) is 5.99. The Bertz CT molecular complexity index is 546. The van der Waals surface area contributed by atoms with Crippen LogP contribution in [0.25, 0.3) is 11.1 Å². The fraction of sp³-hybridized carbons (Fsp3) is 0.357. The fourth-order valence-electron chi connectivity index (χ4n) is 2.23. The number of nitrogens with one attached hydrogen (secondary N) is 1. The molecule has 18 heavy (non-hydrogen) atoms. The Hall–Kier alpha value is -1.81. The Labute approximate surface area is 108 Å². The van der Waals surface area contributed by atoms with Crippen molar-refractivity contribution in [1.29, 1.82) is 0 Å². The molecule has 0 amide bonds. The van der Waals surface area contributed by atoms with E-state index < -0.39 is 0 Å². The van der Waals surface area contributed by atoms with Crippen molar-refractivity contribution < 1.29 is 4.74 Å². The van der Waals surface area contributed by atoms with Gasteiger partial charge in [0, 0.05) is 19.2 Å². The zero-order valence-electron chi connectivity index (χ0n) is 11.3. The second kappa shape index (κ2) is 5.23. The fourth-order valence-corrected chi connectivity index (χ4v) is 2.23. The van der Waals surface area contributed by atoms with E-state index in [1.54, 1.807) is 7.11 Å². The van der Waals surface area contributed by atoms with Crippen molar-refractivity contribution in [3.63, 3.8) is 0 Å². The summed E-state index contributed by atoms with van der Waals surface area (Å²) in [5, 5.41) is 7.68. The van der Waals surface area contributed by atoms with Crippen LogP contribution in [0.1, 0.15) is 11.4 Å². The number of hydrogen-bond donors (Lipinski definition) is 1. The average Bonchev–Trinajstić information content (AvgIpc) is 2.65. The van der Waals surface area contributed by atoms with Crippen molar-refractivity contribution in [1.82, 2.24) is 15.1 Å². The van der Waals surface area contributed by atoms with Crippen molar-refractivity contribution >= 4 is 0 Å². The van der Waals surface area contributed by atoms with E-state index in [0.717, 1.165) is 23.6 Å². The predicted molar refractivity (Wildman–Crippen MR) is 72.7 cm³/mol. The Balaban J connectivity index is 2.54. The van der Waals surface area contributed by atoms with Gasteiger partial charge in [0.1, 0.15) is 5.75 Å². The monoisotopic (exact) mass is 245 g/mol. The van der Waals surface area contributed by atoms with Crippen molar-refractivity contribution in [3.05, 3.63) is 35.7 Å². The molecule has 0 aliphatic heterocycles. The molecule has 0 saturated carbocycles. The van der Waals surface area contributed by atoms with Gasteiger partial charge >= 0.3 is 0 Å². The molecule has 2 rings (SSSR count). The van der Waals surface area contributed by atoms with Crippen LogP contribution in [0.4, 0.5) is 0 Å². The summed E-state index contributed by atoms with van der Waals surface area (Å²) in [6.45, 7) is 2.83. The molecule has 2 aromatic rings. The van der Waals surface area contributed by atoms with Crippen LogP contribution in [0, 0.1) is 6.92 Å². The largest absolute Gasteiger partial charge is 0.497 e. The molecule has 0 aliphatic carbocycles. The molecule has 0 saturated heterocycles. The molecule has 0 fully saturated rings. The molecule has 0 atom stereocenters. The van der Waals surface area contributed by atoms with Crippen LogP contribution < -0.4 is 10.1 Å². The SMILES string of the molecule is CNCc1c(-c2cccc(OC)c2)c(C)nn1C. The average molecular weight is 245 g/mol. The summed E-state index contributed by atoms with van der Waals surface area (Å²) in [6.07, 6.45) is 0. The van der Waals surface area contributed by atoms with Crippen molar-refractivity contribution in [2.75, 3.05) is 14.2 Å². The van der Waals surface area contributed by atoms with Crippen LogP contribution in [-0.2, 0) is 13.6 Å². The van der Waals surface area contributed by atoms with Gasteiger partial charge in [-0.25, -0.2) is 0 Å². The summed E-state index contributed by atoms with van der Waals surface area (Å²) >= 11 is 0. The summed E-state index contributed by atoms with van der Waals surface area (Å²) in [5.74, 6) is 0.867. The van der Waals surface area contributed by atoms with Crippen molar-refractivity contribution in [2.24, 2.45) is 7.05 Å². The third-order valence-electron chi connectivity index (χ3n) is 3.04. The molecule has 1 aromatic heterocycles. The van der Waals surface area contributed by atoms with E-state index in [1.165, 1.54) is 11.3 Å². The van der Waals surface area contributed by atoms with Crippen LogP contribution in [0.15, 0.2) is 24.3 Å². The molecule has 0 bridgehead atoms. The molecule has 0 spiro atoms. The molecular formula is C14H19N3O. The standard InChI is InChI=1S/C14H19N3O/c1-10-14(13(9-15-2)17(3)16-10)11-6-5-7-12(8-11)18-4/h5-8,15H,9H2,1-4H3. The van der Waals surface area contributed by atoms with Crippen molar-refractivity contribution in [2.45, 2.75) is 13.5 Å². The highest BCUT2D eigenvalue weighted by atomic mass is 16.5. The molecular weight excluding hydrogens is 226 g/mol. The number of hydrogen-bond acceptors (Lipinski definition) is 3. The molecule has 4 nitrogen and oxygen atoms in total. The lowest BCUT2D eigenvalue weighted by Gasteiger charge is -2.08. The first-order chi connectivity index (χ1) is 8.67. The zero-order valence-corrected chi connectivity index (χ0v) is 11.3. The van der Waals surface area contributed by atoms with Crippen LogP contribution >= 0.6 is 0 Å². The van der Waals surface area contributed by atoms with Gasteiger partial charge in [0.2, 0.25) is 0 Å². The van der Waals surface area contributed by atoms with Gasteiger partial charge in [0.25, 0.3) is 0 Å². The minimum Gasteiger partial charge on any atom is -0.497 e. The molecule has 4 heteroatoms. The number of aryl methyl sites for hydroxylation is 2. The van der Waals surface area contributed by atoms with E-state index in [0.29, 0.717) is 0 Å². The molecule has 96 valence electrons. The highest BCUT2D eigenvalue weighted by molar-refractivity contribution is 5.70. The quantitative estimate of drug-likeness (QED) is 0.896. The van der Waals surface area contributed by atoms with Gasteiger partial charge in [-0.15, -0.1) is 0 Å². The Kier molecular flexibility index (Phi) is 3.67. The smallest absolute Gasteiger partial charge is 0.119 e. The van der Waals surface area contributed by atoms with Gasteiger partial charge < -0.3 is 10.1 Å². The van der Waals surface area contributed by atoms with E-state index in [1.807, 2.05) is 43.9 Å². The van der Waals surface area contributed by atoms with E-state index in [-0.39, 0.29) is 0 Å². The second-order valence-electron chi connectivity index (χ2n) is 4.29. The van der Waals surface area contributed by atoms with Crippen LogP contribution in [-0.4, -0.2) is 23.9 Å². The highest BCUT2D eigenvalue weighted by Gasteiger charge is 2.14. The lowest BCUT2D eigenvalue weighted by molar-refractivity contribution is 0.415. The third-order valence-corrected chi connectivity index (χ3v) is 3.04. The zero-order chi connectivity index (χ0) is 13.1. The molecule has 1 N–H and O–H groups in total. The molecule has 1 heterocycles. The highest BCUT2D eigenvalue weighted by Crippen LogP contribution is 2.29. The maximum atomic E-state index is 5.28. The summed E-state index contributed by atoms with van der Waals surface area (Å²) in [7, 11) is 5.60. The van der Waals surface area contributed by atoms with Crippen LogP contribution in [0.2, 0.25) is 0 Å². The number of nitrogens with zero attached hydrogens (tertiary/aromatic N) is 2. The van der Waals surface area contributed by atoms with Crippen LogP contribution in [0.3, 0.4) is 0 Å². The maximum Gasteiger partial charge on any atom is 0.119 e. The van der Waals surface area contributed by atoms with Gasteiger partial charge in [0.05, 0.1) is 18.5 Å². The lowest BCUT2D eigenvalue weighted by Crippen LogP contribution is -2.10. The minimum absolute atomic E-state index is 0.796. The Morgan fingerprint density at radius 1 is 1.39 bits per heavy atom. The number of ether oxygens (including phenoxy) is 1. The molecule has 0 unspecified atom stereocenters. The van der Waals surface area contributed by atoms with E-state index in [4.69, 9.17) is 4.74 Å². The lowest BCUT2D eigenvalue weighted by atomic mass is 10.0. The van der Waals surface area contributed by atoms with Crippen LogP contribution in [0.5, 0.6) is 5.75 Å². The van der Waals surface area contributed by atoms with Gasteiger partial charge in [-0.2, -0.15) is 5.10 Å². The van der Waals surface area contributed by atoms with Gasteiger partial charge in [-0.1, -0.05) is 12.1 Å². The Morgan fingerprint density at radius 2 is 2.17 bits per heavy atom. The van der Waals surface area contributed by atoms with Gasteiger partial charge in [-0.3, -0.25) is 4.68 Å². The third kappa shape index (κ3) is 2.24. The summed E-state index contributed by atoms with van der Waals surface area (Å²) < 4.78 is 7.21. The second-order valence-corrected chi connectivity index (χ2v) is 4.29. The van der Waals surface area contributed by atoms with E-state index >= 15 is 0 Å². The van der Waals surface area contributed by atoms with Gasteiger partial charge in [0.15, 0.2) is 0 Å². The predicted octanol–water partition coefficient (Wildman–Crippen LogP) is 2.12. The van der Waals surface area contributed by atoms with E-state index in [9.17, 15) is 0 Å². The van der Waals surface area contributed by atoms with Crippen molar-refractivity contribution in [3.8, 4) is 16.9 Å². The van der Waals surface area contributed by atoms with E-state index in [2.05, 4.69) is 16.5 Å². The summed E-state index contributed by atoms with van der Waals surface area (Å²) in [5.41, 5.74) is 4.55. The first kappa shape index (κ1) is 12.6. The summed E-state index contributed by atoms with van der Waals surface area (Å²) in [6, 6.07) is 8.09. The number of rotatable bonds is 4. The topological polar surface area (TPSA) is 39.1 Å². The first-order valence-corrected chi connectivity index (χ1v) is 5.99. The summed E-state index contributed by atoms with van der Waals surface area (Å²) in [4.78, 5) is 0. The maximum absolute atomic E-state index is 5.28. The number of aromatic nitrogens is 2. The number of methoxy groups -OCH3 is 1. The van der Waals surface area contributed by atoms with Gasteiger partial charge in [-0.05, 0) is 31.7 Å². The normalized spacial score (nSPS) is 10.7. The minimum atomic E-state index is 0.796.